The molecule has 10 nitrogen and oxygen atoms in total. The Morgan fingerprint density at radius 2 is 2.13 bits per heavy atom. The zero-order chi connectivity index (χ0) is 21.8. The number of hydrogen-bond donors (Lipinski definition) is 1. The van der Waals surface area contributed by atoms with E-state index in [4.69, 9.17) is 26.8 Å². The third-order valence-corrected chi connectivity index (χ3v) is 5.18. The predicted octanol–water partition coefficient (Wildman–Crippen LogP) is 3.08. The number of aromatic nitrogens is 1. The maximum absolute atomic E-state index is 12.4. The normalized spacial score (nSPS) is 14.8. The smallest absolute Gasteiger partial charge is 0.323 e. The molecule has 3 rings (SSSR count). The van der Waals surface area contributed by atoms with E-state index in [1.807, 2.05) is 0 Å². The summed E-state index contributed by atoms with van der Waals surface area (Å²) >= 11 is 6.08. The number of aliphatic carboxylic acids is 1. The molecule has 2 aromatic rings. The summed E-state index contributed by atoms with van der Waals surface area (Å²) in [6.07, 6.45) is 2.65. The van der Waals surface area contributed by atoms with Gasteiger partial charge in [-0.2, -0.15) is 0 Å². The van der Waals surface area contributed by atoms with Crippen LogP contribution >= 0.6 is 24.0 Å². The molecule has 1 aromatic heterocycles. The second-order valence-electron chi connectivity index (χ2n) is 5.79. The summed E-state index contributed by atoms with van der Waals surface area (Å²) < 4.78 is 11.1. The molecular weight excluding hydrogens is 434 g/mol. The Labute approximate surface area is 179 Å². The van der Waals surface area contributed by atoms with Crippen LogP contribution in [0, 0.1) is 10.1 Å². The van der Waals surface area contributed by atoms with Gasteiger partial charge in [0.25, 0.3) is 11.6 Å². The lowest BCUT2D eigenvalue weighted by molar-refractivity contribution is -0.385. The first-order valence-corrected chi connectivity index (χ1v) is 9.44. The third-order valence-electron chi connectivity index (χ3n) is 3.80. The van der Waals surface area contributed by atoms with Crippen molar-refractivity contribution < 1.29 is 29.1 Å². The molecule has 2 heterocycles. The number of pyridine rings is 1. The molecule has 1 aliphatic rings. The highest BCUT2D eigenvalue weighted by Crippen LogP contribution is 2.36. The van der Waals surface area contributed by atoms with E-state index in [9.17, 15) is 19.7 Å². The maximum Gasteiger partial charge on any atom is 0.323 e. The monoisotopic (exact) mass is 447 g/mol. The number of carbonyl (C=O) groups excluding carboxylic acids is 1. The average Bonchev–Trinajstić information content (AvgIpc) is 2.96. The van der Waals surface area contributed by atoms with Crippen LogP contribution in [-0.2, 0) is 9.59 Å². The molecule has 0 radical (unpaired) electrons. The second-order valence-corrected chi connectivity index (χ2v) is 7.46. The van der Waals surface area contributed by atoms with E-state index in [1.54, 1.807) is 24.3 Å². The molecule has 1 N–H and O–H groups in total. The molecule has 0 unspecified atom stereocenters. The van der Waals surface area contributed by atoms with E-state index < -0.39 is 23.3 Å². The molecule has 1 amide bonds. The number of thioether (sulfide) groups is 1. The number of carboxylic acids is 1. The lowest BCUT2D eigenvalue weighted by Crippen LogP contribution is -2.33. The average molecular weight is 447 g/mol. The van der Waals surface area contributed by atoms with Crippen LogP contribution in [-0.4, -0.2) is 49.8 Å². The number of carbonyl (C=O) groups is 2. The molecule has 0 saturated carbocycles. The molecule has 1 saturated heterocycles. The summed E-state index contributed by atoms with van der Waals surface area (Å²) in [4.78, 5) is 38.6. The van der Waals surface area contributed by atoms with E-state index >= 15 is 0 Å². The Hall–Kier alpha value is -3.51. The highest BCUT2D eigenvalue weighted by molar-refractivity contribution is 8.26. The summed E-state index contributed by atoms with van der Waals surface area (Å²) in [5.41, 5.74) is 0.441. The van der Waals surface area contributed by atoms with Crippen LogP contribution in [0.15, 0.2) is 41.4 Å². The minimum Gasteiger partial charge on any atom is -0.493 e. The minimum atomic E-state index is -1.16. The Bertz CT molecular complexity index is 1070. The zero-order valence-corrected chi connectivity index (χ0v) is 16.9. The van der Waals surface area contributed by atoms with Gasteiger partial charge in [0.05, 0.1) is 16.9 Å². The molecule has 1 fully saturated rings. The van der Waals surface area contributed by atoms with Crippen molar-refractivity contribution in [1.82, 2.24) is 9.88 Å². The van der Waals surface area contributed by atoms with Gasteiger partial charge >= 0.3 is 5.97 Å². The predicted molar refractivity (Wildman–Crippen MR) is 111 cm³/mol. The fourth-order valence-corrected chi connectivity index (χ4v) is 3.69. The number of ether oxygens (including phenoxy) is 2. The van der Waals surface area contributed by atoms with Crippen LogP contribution in [0.5, 0.6) is 17.4 Å². The molecule has 12 heteroatoms. The Morgan fingerprint density at radius 1 is 1.37 bits per heavy atom. The van der Waals surface area contributed by atoms with Crippen LogP contribution < -0.4 is 9.47 Å². The molecule has 154 valence electrons. The number of rotatable bonds is 7. The van der Waals surface area contributed by atoms with Gasteiger partial charge in [-0.15, -0.1) is 0 Å². The summed E-state index contributed by atoms with van der Waals surface area (Å²) in [7, 11) is 1.43. The molecule has 0 spiro atoms. The van der Waals surface area contributed by atoms with E-state index in [-0.39, 0.29) is 20.8 Å². The first-order chi connectivity index (χ1) is 14.3. The van der Waals surface area contributed by atoms with Gasteiger partial charge < -0.3 is 14.6 Å². The van der Waals surface area contributed by atoms with Gasteiger partial charge in [-0.05, 0) is 23.8 Å². The third kappa shape index (κ3) is 4.72. The summed E-state index contributed by atoms with van der Waals surface area (Å²) in [6.45, 7) is -0.500. The van der Waals surface area contributed by atoms with Gasteiger partial charge in [0.1, 0.15) is 17.1 Å². The first kappa shape index (κ1) is 21.2. The van der Waals surface area contributed by atoms with Crippen LogP contribution in [0.1, 0.15) is 5.56 Å². The van der Waals surface area contributed by atoms with E-state index in [0.29, 0.717) is 17.1 Å². The number of nitro groups is 1. The highest BCUT2D eigenvalue weighted by Gasteiger charge is 2.33. The fourth-order valence-electron chi connectivity index (χ4n) is 2.43. The number of benzene rings is 1. The van der Waals surface area contributed by atoms with E-state index in [0.717, 1.165) is 22.9 Å². The van der Waals surface area contributed by atoms with Gasteiger partial charge in [0, 0.05) is 12.1 Å². The minimum absolute atomic E-state index is 0.140. The van der Waals surface area contributed by atoms with Crippen LogP contribution in [0.25, 0.3) is 6.08 Å². The van der Waals surface area contributed by atoms with Crippen LogP contribution in [0.2, 0.25) is 0 Å². The summed E-state index contributed by atoms with van der Waals surface area (Å²) in [5.74, 6) is -0.849. The molecule has 0 bridgehead atoms. The Balaban J connectivity index is 1.81. The van der Waals surface area contributed by atoms with Crippen molar-refractivity contribution in [2.75, 3.05) is 13.7 Å². The van der Waals surface area contributed by atoms with Gasteiger partial charge in [-0.25, -0.2) is 4.98 Å². The molecular formula is C18H13N3O7S2. The quantitative estimate of drug-likeness (QED) is 0.292. The lowest BCUT2D eigenvalue weighted by Gasteiger charge is -2.11. The van der Waals surface area contributed by atoms with Crippen molar-refractivity contribution in [2.24, 2.45) is 0 Å². The SMILES string of the molecule is COc1cc(C=C2SC(=S)N(CC(=O)O)C2=O)ccc1Oc1ccc([N+](=O)[O-])cn1. The fraction of sp³-hybridized carbons (Fsp3) is 0.111. The number of thiocarbonyl (C=S) groups is 1. The van der Waals surface area contributed by atoms with Crippen LogP contribution in [0.3, 0.4) is 0 Å². The number of nitrogens with zero attached hydrogens (tertiary/aromatic N) is 3. The number of amides is 1. The second kappa shape index (κ2) is 8.88. The first-order valence-electron chi connectivity index (χ1n) is 8.22. The van der Waals surface area contributed by atoms with Gasteiger partial charge in [-0.1, -0.05) is 30.0 Å². The lowest BCUT2D eigenvalue weighted by atomic mass is 10.2. The topological polar surface area (TPSA) is 132 Å². The van der Waals surface area contributed by atoms with Crippen molar-refractivity contribution in [3.63, 3.8) is 0 Å². The standard InChI is InChI=1S/C18H13N3O7S2/c1-27-13-6-10(7-14-17(24)20(9-16(22)23)18(29)30-14)2-4-12(13)28-15-5-3-11(8-19-15)21(25)26/h2-8H,9H2,1H3,(H,22,23). The molecule has 0 aliphatic carbocycles. The van der Waals surface area contributed by atoms with Gasteiger partial charge in [-0.3, -0.25) is 24.6 Å². The Kier molecular flexibility index (Phi) is 6.28. The van der Waals surface area contributed by atoms with Crippen molar-refractivity contribution in [3.8, 4) is 17.4 Å². The van der Waals surface area contributed by atoms with Crippen LogP contribution in [0.4, 0.5) is 5.69 Å². The number of methoxy groups -OCH3 is 1. The van der Waals surface area contributed by atoms with Gasteiger partial charge in [0.2, 0.25) is 5.88 Å². The largest absolute Gasteiger partial charge is 0.493 e. The maximum atomic E-state index is 12.4. The molecule has 30 heavy (non-hydrogen) atoms. The number of hydrogen-bond acceptors (Lipinski definition) is 9. The van der Waals surface area contributed by atoms with Gasteiger partial charge in [0.15, 0.2) is 11.5 Å². The number of carboxylic acid groups (broad SMARTS) is 1. The van der Waals surface area contributed by atoms with Crippen molar-refractivity contribution in [2.45, 2.75) is 0 Å². The molecule has 0 atom stereocenters. The van der Waals surface area contributed by atoms with Crippen molar-refractivity contribution in [1.29, 1.82) is 0 Å². The van der Waals surface area contributed by atoms with E-state index in [1.165, 1.54) is 19.2 Å². The van der Waals surface area contributed by atoms with E-state index in [2.05, 4.69) is 4.98 Å². The Morgan fingerprint density at radius 3 is 2.73 bits per heavy atom. The zero-order valence-electron chi connectivity index (χ0n) is 15.3. The molecule has 1 aromatic carbocycles. The summed E-state index contributed by atoms with van der Waals surface area (Å²) in [6, 6.07) is 7.49. The highest BCUT2D eigenvalue weighted by atomic mass is 32.2. The van der Waals surface area contributed by atoms with Crippen molar-refractivity contribution >= 4 is 51.9 Å². The summed E-state index contributed by atoms with van der Waals surface area (Å²) in [5, 5.41) is 19.6. The van der Waals surface area contributed by atoms with Crippen molar-refractivity contribution in [3.05, 3.63) is 57.1 Å². The molecule has 1 aliphatic heterocycles.